The Morgan fingerprint density at radius 1 is 1.13 bits per heavy atom. The fourth-order valence-electron chi connectivity index (χ4n) is 2.81. The zero-order chi connectivity index (χ0) is 23.2. The van der Waals surface area contributed by atoms with Gasteiger partial charge >= 0.3 is 6.18 Å². The minimum Gasteiger partial charge on any atom is -0.345 e. The molecule has 0 aromatic carbocycles. The molecule has 9 heteroatoms. The molecule has 168 valence electrons. The molecule has 2 N–H and O–H groups in total. The average molecular weight is 436 g/mol. The monoisotopic (exact) mass is 436 g/mol. The number of rotatable bonds is 8. The van der Waals surface area contributed by atoms with Crippen LogP contribution in [0.1, 0.15) is 67.0 Å². The summed E-state index contributed by atoms with van der Waals surface area (Å²) in [6, 6.07) is 6.18. The lowest BCUT2D eigenvalue weighted by Gasteiger charge is -2.15. The molecule has 2 amide bonds. The Bertz CT molecular complexity index is 912. The van der Waals surface area contributed by atoms with Crippen molar-refractivity contribution in [1.82, 2.24) is 15.3 Å². The van der Waals surface area contributed by atoms with E-state index in [2.05, 4.69) is 20.6 Å². The lowest BCUT2D eigenvalue weighted by atomic mass is 10.1. The standard InChI is InChI=1S/C22H27F3N4O2/c1-13(2)20(30)29-19-11-17(10-14(3)27-19)21(31)28-15(4)16-7-8-18(26-12-16)6-5-9-22(23,24)25/h7-8,10-13,15H,5-6,9H2,1-4H3,(H,28,31)(H,27,29,30). The fraction of sp³-hybridized carbons (Fsp3) is 0.455. The second-order valence-electron chi connectivity index (χ2n) is 7.77. The maximum absolute atomic E-state index is 12.7. The number of anilines is 1. The molecule has 0 radical (unpaired) electrons. The van der Waals surface area contributed by atoms with Crippen LogP contribution in [-0.2, 0) is 11.2 Å². The second kappa shape index (κ2) is 10.4. The molecule has 0 saturated carbocycles. The third kappa shape index (κ3) is 7.99. The molecule has 6 nitrogen and oxygen atoms in total. The van der Waals surface area contributed by atoms with Crippen molar-refractivity contribution >= 4 is 17.6 Å². The van der Waals surface area contributed by atoms with Crippen molar-refractivity contribution in [3.63, 3.8) is 0 Å². The van der Waals surface area contributed by atoms with Gasteiger partial charge in [-0.05, 0) is 50.5 Å². The highest BCUT2D eigenvalue weighted by Gasteiger charge is 2.26. The van der Waals surface area contributed by atoms with Gasteiger partial charge in [0.05, 0.1) is 6.04 Å². The van der Waals surface area contributed by atoms with Crippen LogP contribution >= 0.6 is 0 Å². The molecule has 0 fully saturated rings. The predicted molar refractivity (Wildman–Crippen MR) is 112 cm³/mol. The number of alkyl halides is 3. The number of aryl methyl sites for hydroxylation is 2. The first-order valence-corrected chi connectivity index (χ1v) is 10.1. The number of pyridine rings is 2. The van der Waals surface area contributed by atoms with E-state index < -0.39 is 12.6 Å². The van der Waals surface area contributed by atoms with Gasteiger partial charge in [0.1, 0.15) is 5.82 Å². The number of carbonyl (C=O) groups is 2. The van der Waals surface area contributed by atoms with Gasteiger partial charge in [0.25, 0.3) is 5.91 Å². The van der Waals surface area contributed by atoms with E-state index in [1.807, 2.05) is 0 Å². The molecular formula is C22H27F3N4O2. The van der Waals surface area contributed by atoms with Crippen molar-refractivity contribution < 1.29 is 22.8 Å². The van der Waals surface area contributed by atoms with Gasteiger partial charge in [0.2, 0.25) is 5.91 Å². The zero-order valence-electron chi connectivity index (χ0n) is 18.0. The summed E-state index contributed by atoms with van der Waals surface area (Å²) < 4.78 is 36.8. The number of amides is 2. The van der Waals surface area contributed by atoms with Gasteiger partial charge in [-0.2, -0.15) is 13.2 Å². The Morgan fingerprint density at radius 2 is 1.84 bits per heavy atom. The maximum Gasteiger partial charge on any atom is 0.389 e. The average Bonchev–Trinajstić information content (AvgIpc) is 2.66. The molecule has 0 aliphatic rings. The molecule has 31 heavy (non-hydrogen) atoms. The largest absolute Gasteiger partial charge is 0.389 e. The van der Waals surface area contributed by atoms with Gasteiger partial charge < -0.3 is 10.6 Å². The normalized spacial score (nSPS) is 12.5. The first-order valence-electron chi connectivity index (χ1n) is 10.1. The van der Waals surface area contributed by atoms with E-state index in [0.29, 0.717) is 22.8 Å². The van der Waals surface area contributed by atoms with Gasteiger partial charge in [-0.3, -0.25) is 14.6 Å². The first kappa shape index (κ1) is 24.3. The number of hydrogen-bond donors (Lipinski definition) is 2. The van der Waals surface area contributed by atoms with Crippen LogP contribution in [0.2, 0.25) is 0 Å². The number of carbonyl (C=O) groups excluding carboxylic acids is 2. The Morgan fingerprint density at radius 3 is 2.42 bits per heavy atom. The van der Waals surface area contributed by atoms with Crippen LogP contribution in [0.4, 0.5) is 19.0 Å². The summed E-state index contributed by atoms with van der Waals surface area (Å²) in [5.41, 5.74) is 2.24. The van der Waals surface area contributed by atoms with Crippen LogP contribution < -0.4 is 10.6 Å². The molecule has 0 aliphatic carbocycles. The Labute approximate surface area is 179 Å². The molecule has 0 bridgehead atoms. The molecule has 0 spiro atoms. The summed E-state index contributed by atoms with van der Waals surface area (Å²) in [7, 11) is 0. The molecular weight excluding hydrogens is 409 g/mol. The van der Waals surface area contributed by atoms with Gasteiger partial charge in [-0.25, -0.2) is 4.98 Å². The van der Waals surface area contributed by atoms with Crippen LogP contribution in [-0.4, -0.2) is 28.0 Å². The smallest absolute Gasteiger partial charge is 0.345 e. The maximum atomic E-state index is 12.7. The van der Waals surface area contributed by atoms with Crippen LogP contribution in [0.25, 0.3) is 0 Å². The van der Waals surface area contributed by atoms with Crippen molar-refractivity contribution in [2.24, 2.45) is 5.92 Å². The van der Waals surface area contributed by atoms with E-state index in [-0.39, 0.29) is 36.6 Å². The van der Waals surface area contributed by atoms with E-state index in [0.717, 1.165) is 5.56 Å². The lowest BCUT2D eigenvalue weighted by Crippen LogP contribution is -2.27. The van der Waals surface area contributed by atoms with Crippen LogP contribution in [0.3, 0.4) is 0 Å². The van der Waals surface area contributed by atoms with Crippen molar-refractivity contribution in [3.8, 4) is 0 Å². The molecule has 1 atom stereocenters. The Balaban J connectivity index is 2.00. The quantitative estimate of drug-likeness (QED) is 0.625. The third-order valence-electron chi connectivity index (χ3n) is 4.58. The summed E-state index contributed by atoms with van der Waals surface area (Å²) in [5.74, 6) is -0.448. The van der Waals surface area contributed by atoms with Gasteiger partial charge in [0.15, 0.2) is 0 Å². The lowest BCUT2D eigenvalue weighted by molar-refractivity contribution is -0.135. The number of nitrogens with zero attached hydrogens (tertiary/aromatic N) is 2. The summed E-state index contributed by atoms with van der Waals surface area (Å²) in [5, 5.41) is 5.54. The summed E-state index contributed by atoms with van der Waals surface area (Å²) >= 11 is 0. The van der Waals surface area contributed by atoms with E-state index in [1.54, 1.807) is 52.1 Å². The van der Waals surface area contributed by atoms with E-state index in [4.69, 9.17) is 0 Å². The second-order valence-corrected chi connectivity index (χ2v) is 7.77. The number of hydrogen-bond acceptors (Lipinski definition) is 4. The predicted octanol–water partition coefficient (Wildman–Crippen LogP) is 4.76. The molecule has 2 heterocycles. The third-order valence-corrected chi connectivity index (χ3v) is 4.58. The van der Waals surface area contributed by atoms with E-state index in [9.17, 15) is 22.8 Å². The van der Waals surface area contributed by atoms with Crippen molar-refractivity contribution in [1.29, 1.82) is 0 Å². The molecule has 0 aliphatic heterocycles. The van der Waals surface area contributed by atoms with Crippen LogP contribution in [0.5, 0.6) is 0 Å². The summed E-state index contributed by atoms with van der Waals surface area (Å²) in [6.45, 7) is 7.03. The van der Waals surface area contributed by atoms with Gasteiger partial charge in [-0.15, -0.1) is 0 Å². The molecule has 1 unspecified atom stereocenters. The zero-order valence-corrected chi connectivity index (χ0v) is 18.0. The highest BCUT2D eigenvalue weighted by atomic mass is 19.4. The van der Waals surface area contributed by atoms with Crippen LogP contribution in [0, 0.1) is 12.8 Å². The minimum absolute atomic E-state index is 0.0147. The Hall–Kier alpha value is -2.97. The molecule has 2 aromatic rings. The SMILES string of the molecule is Cc1cc(C(=O)NC(C)c2ccc(CCCC(F)(F)F)nc2)cc(NC(=O)C(C)C)n1. The highest BCUT2D eigenvalue weighted by molar-refractivity contribution is 5.97. The summed E-state index contributed by atoms with van der Waals surface area (Å²) in [6.07, 6.45) is -3.23. The number of nitrogens with one attached hydrogen (secondary N) is 2. The van der Waals surface area contributed by atoms with Crippen molar-refractivity contribution in [2.45, 2.75) is 59.2 Å². The van der Waals surface area contributed by atoms with Gasteiger partial charge in [0, 0.05) is 35.5 Å². The highest BCUT2D eigenvalue weighted by Crippen LogP contribution is 2.22. The van der Waals surface area contributed by atoms with Crippen molar-refractivity contribution in [2.75, 3.05) is 5.32 Å². The fourth-order valence-corrected chi connectivity index (χ4v) is 2.81. The number of aromatic nitrogens is 2. The first-order chi connectivity index (χ1) is 14.4. The topological polar surface area (TPSA) is 84.0 Å². The molecule has 0 saturated heterocycles. The van der Waals surface area contributed by atoms with Crippen molar-refractivity contribution in [3.05, 3.63) is 53.0 Å². The Kier molecular flexibility index (Phi) is 8.13. The van der Waals surface area contributed by atoms with E-state index >= 15 is 0 Å². The molecule has 2 aromatic heterocycles. The number of halogens is 3. The van der Waals surface area contributed by atoms with E-state index in [1.165, 1.54) is 6.07 Å². The summed E-state index contributed by atoms with van der Waals surface area (Å²) in [4.78, 5) is 33.0. The molecule has 2 rings (SSSR count). The minimum atomic E-state index is -4.17. The van der Waals surface area contributed by atoms with Gasteiger partial charge in [-0.1, -0.05) is 19.9 Å². The van der Waals surface area contributed by atoms with Crippen LogP contribution in [0.15, 0.2) is 30.5 Å².